The van der Waals surface area contributed by atoms with Crippen molar-refractivity contribution < 1.29 is 4.74 Å². The third-order valence-electron chi connectivity index (χ3n) is 2.64. The summed E-state index contributed by atoms with van der Waals surface area (Å²) in [6.07, 6.45) is 0. The van der Waals surface area contributed by atoms with Crippen LogP contribution in [0.5, 0.6) is 5.75 Å². The normalized spacial score (nSPS) is 14.7. The van der Waals surface area contributed by atoms with Crippen molar-refractivity contribution in [1.82, 2.24) is 0 Å². The smallest absolute Gasteiger partial charge is 0.212 e. The minimum atomic E-state index is -0.376. The molecule has 0 saturated heterocycles. The lowest BCUT2D eigenvalue weighted by molar-refractivity contribution is 0.521. The molecule has 0 fully saturated rings. The van der Waals surface area contributed by atoms with E-state index < -0.39 is 0 Å². The van der Waals surface area contributed by atoms with Crippen molar-refractivity contribution in [2.45, 2.75) is 11.2 Å². The highest BCUT2D eigenvalue weighted by Crippen LogP contribution is 2.27. The van der Waals surface area contributed by atoms with Crippen LogP contribution in [0.4, 0.5) is 5.69 Å². The predicted octanol–water partition coefficient (Wildman–Crippen LogP) is 5.34. The number of hydrogen-bond donors (Lipinski definition) is 0. The highest BCUT2D eigenvalue weighted by atomic mass is 79.9. The molecule has 2 nitrogen and oxygen atoms in total. The first kappa shape index (κ1) is 15.3. The quantitative estimate of drug-likeness (QED) is 0.388. The Hall–Kier alpha value is -1.13. The fraction of sp³-hybridized carbons (Fsp3) is 0.188. The number of nitrogens with zero attached hydrogens (tertiary/aromatic N) is 1. The van der Waals surface area contributed by atoms with Gasteiger partial charge in [-0.05, 0) is 31.2 Å². The summed E-state index contributed by atoms with van der Waals surface area (Å²) in [7, 11) is 0. The minimum absolute atomic E-state index is 0.376. The number of para-hydroxylation sites is 2. The predicted molar refractivity (Wildman–Crippen MR) is 91.7 cm³/mol. The second-order valence-corrected chi connectivity index (χ2v) is 6.81. The van der Waals surface area contributed by atoms with Gasteiger partial charge in [0.05, 0.1) is 5.69 Å². The third kappa shape index (κ3) is 4.18. The van der Waals surface area contributed by atoms with E-state index in [9.17, 15) is 0 Å². The van der Waals surface area contributed by atoms with Gasteiger partial charge in [0.15, 0.2) is 0 Å². The average Bonchev–Trinajstić information content (AvgIpc) is 2.49. The van der Waals surface area contributed by atoms with Crippen LogP contribution in [-0.4, -0.2) is 15.6 Å². The van der Waals surface area contributed by atoms with Gasteiger partial charge in [-0.25, -0.2) is 4.99 Å². The van der Waals surface area contributed by atoms with Crippen molar-refractivity contribution in [3.8, 4) is 5.75 Å². The molecule has 2 aromatic rings. The summed E-state index contributed by atoms with van der Waals surface area (Å²) < 4.78 is 5.57. The van der Waals surface area contributed by atoms with Gasteiger partial charge in [-0.3, -0.25) is 0 Å². The number of benzene rings is 2. The van der Waals surface area contributed by atoms with E-state index in [1.165, 1.54) is 0 Å². The first-order chi connectivity index (χ1) is 9.62. The number of rotatable bonds is 4. The minimum Gasteiger partial charge on any atom is -0.441 e. The molecule has 0 heterocycles. The molecule has 0 bridgehead atoms. The van der Waals surface area contributed by atoms with Crippen molar-refractivity contribution in [3.05, 3.63) is 60.7 Å². The molecule has 1 unspecified atom stereocenters. The summed E-state index contributed by atoms with van der Waals surface area (Å²) in [6.45, 7) is 2.02. The summed E-state index contributed by atoms with van der Waals surface area (Å²) >= 11 is 7.15. The van der Waals surface area contributed by atoms with Crippen LogP contribution in [0, 0.1) is 0 Å². The lowest BCUT2D eigenvalue weighted by Crippen LogP contribution is -2.34. The van der Waals surface area contributed by atoms with Gasteiger partial charge in [0.25, 0.3) is 0 Å². The average molecular weight is 397 g/mol. The van der Waals surface area contributed by atoms with Crippen molar-refractivity contribution >= 4 is 43.4 Å². The number of hydrogen-bond acceptors (Lipinski definition) is 2. The molecule has 0 N–H and O–H groups in total. The van der Waals surface area contributed by atoms with Crippen LogP contribution in [0.2, 0.25) is 0 Å². The summed E-state index contributed by atoms with van der Waals surface area (Å²) in [5.74, 6) is 1.39. The van der Waals surface area contributed by atoms with Crippen molar-refractivity contribution in [1.29, 1.82) is 0 Å². The molecule has 0 aliphatic carbocycles. The number of alkyl halides is 2. The second kappa shape index (κ2) is 7.04. The monoisotopic (exact) mass is 395 g/mol. The van der Waals surface area contributed by atoms with E-state index in [0.717, 1.165) is 11.4 Å². The van der Waals surface area contributed by atoms with Crippen molar-refractivity contribution in [2.24, 2.45) is 4.99 Å². The molecule has 4 heteroatoms. The van der Waals surface area contributed by atoms with Crippen LogP contribution in [0.1, 0.15) is 6.92 Å². The molecule has 20 heavy (non-hydrogen) atoms. The van der Waals surface area contributed by atoms with E-state index in [0.29, 0.717) is 11.2 Å². The van der Waals surface area contributed by atoms with Crippen LogP contribution >= 0.6 is 31.9 Å². The van der Waals surface area contributed by atoms with Crippen LogP contribution in [-0.2, 0) is 0 Å². The van der Waals surface area contributed by atoms with E-state index in [1.807, 2.05) is 67.6 Å². The Morgan fingerprint density at radius 1 is 1.05 bits per heavy atom. The summed E-state index contributed by atoms with van der Waals surface area (Å²) in [5.41, 5.74) is 0.866. The Balaban J connectivity index is 2.33. The Kier molecular flexibility index (Phi) is 5.38. The summed E-state index contributed by atoms with van der Waals surface area (Å²) in [4.78, 5) is 4.61. The molecule has 104 valence electrons. The largest absolute Gasteiger partial charge is 0.441 e. The maximum Gasteiger partial charge on any atom is 0.212 e. The van der Waals surface area contributed by atoms with E-state index >= 15 is 0 Å². The molecule has 2 rings (SSSR count). The lowest BCUT2D eigenvalue weighted by atomic mass is 10.2. The molecule has 0 saturated carbocycles. The lowest BCUT2D eigenvalue weighted by Gasteiger charge is -2.22. The molecular weight excluding hydrogens is 382 g/mol. The van der Waals surface area contributed by atoms with E-state index in [-0.39, 0.29) is 4.32 Å². The first-order valence-electron chi connectivity index (χ1n) is 6.24. The molecule has 0 aliphatic heterocycles. The zero-order valence-corrected chi connectivity index (χ0v) is 14.3. The summed E-state index contributed by atoms with van der Waals surface area (Å²) in [5, 5.41) is 0.693. The molecule has 0 amide bonds. The number of aliphatic imine (C=N–C) groups is 1. The zero-order valence-electron chi connectivity index (χ0n) is 11.1. The van der Waals surface area contributed by atoms with E-state index in [2.05, 4.69) is 36.9 Å². The highest BCUT2D eigenvalue weighted by Gasteiger charge is 2.29. The van der Waals surface area contributed by atoms with E-state index in [1.54, 1.807) is 0 Å². The van der Waals surface area contributed by atoms with Crippen LogP contribution < -0.4 is 4.74 Å². The molecule has 0 aromatic heterocycles. The van der Waals surface area contributed by atoms with Gasteiger partial charge < -0.3 is 4.74 Å². The standard InChI is InChI=1S/C16H15Br2NO/c1-16(18,12-17)15(19-13-8-4-2-5-9-13)20-14-10-6-3-7-11-14/h2-11H,12H2,1H3. The second-order valence-electron chi connectivity index (χ2n) is 4.50. The Morgan fingerprint density at radius 3 is 2.15 bits per heavy atom. The van der Waals surface area contributed by atoms with Gasteiger partial charge in [0.2, 0.25) is 5.90 Å². The van der Waals surface area contributed by atoms with Crippen LogP contribution in [0.25, 0.3) is 0 Å². The SMILES string of the molecule is CC(Br)(CBr)C(=Nc1ccccc1)Oc1ccccc1. The fourth-order valence-corrected chi connectivity index (χ4v) is 1.93. The third-order valence-corrected chi connectivity index (χ3v) is 5.13. The highest BCUT2D eigenvalue weighted by molar-refractivity contribution is 9.12. The van der Waals surface area contributed by atoms with Gasteiger partial charge in [-0.15, -0.1) is 0 Å². The van der Waals surface area contributed by atoms with Gasteiger partial charge in [0.1, 0.15) is 10.1 Å². The van der Waals surface area contributed by atoms with Crippen LogP contribution in [0.15, 0.2) is 65.7 Å². The number of halogens is 2. The maximum atomic E-state index is 5.95. The van der Waals surface area contributed by atoms with Crippen LogP contribution in [0.3, 0.4) is 0 Å². The Labute approximate surface area is 136 Å². The van der Waals surface area contributed by atoms with Gasteiger partial charge in [-0.2, -0.15) is 0 Å². The van der Waals surface area contributed by atoms with Gasteiger partial charge in [-0.1, -0.05) is 68.3 Å². The zero-order chi connectivity index (χ0) is 14.4. The molecule has 1 atom stereocenters. The maximum absolute atomic E-state index is 5.95. The molecule has 0 spiro atoms. The number of ether oxygens (including phenoxy) is 1. The molecule has 2 aromatic carbocycles. The Morgan fingerprint density at radius 2 is 1.60 bits per heavy atom. The molecule has 0 aliphatic rings. The van der Waals surface area contributed by atoms with Crippen molar-refractivity contribution in [2.75, 3.05) is 5.33 Å². The topological polar surface area (TPSA) is 21.6 Å². The van der Waals surface area contributed by atoms with Gasteiger partial charge in [0, 0.05) is 5.33 Å². The van der Waals surface area contributed by atoms with E-state index in [4.69, 9.17) is 4.74 Å². The fourth-order valence-electron chi connectivity index (χ4n) is 1.52. The Bertz CT molecular complexity index is 568. The summed E-state index contributed by atoms with van der Waals surface area (Å²) in [6, 6.07) is 19.4. The molecule has 0 radical (unpaired) electrons. The van der Waals surface area contributed by atoms with Gasteiger partial charge >= 0.3 is 0 Å². The van der Waals surface area contributed by atoms with Crippen molar-refractivity contribution in [3.63, 3.8) is 0 Å². The first-order valence-corrected chi connectivity index (χ1v) is 8.15. The molecular formula is C16H15Br2NO.